The molecule has 0 amide bonds. The number of methoxy groups -OCH3 is 1. The summed E-state index contributed by atoms with van der Waals surface area (Å²) < 4.78 is 5.08. The van der Waals surface area contributed by atoms with Crippen LogP contribution in [0.5, 0.6) is 0 Å². The molecule has 1 aliphatic heterocycles. The van der Waals surface area contributed by atoms with Crippen LogP contribution in [0.25, 0.3) is 0 Å². The van der Waals surface area contributed by atoms with Gasteiger partial charge in [-0.05, 0) is 52.6 Å². The molecule has 0 aromatic carbocycles. The van der Waals surface area contributed by atoms with Crippen LogP contribution >= 0.6 is 0 Å². The van der Waals surface area contributed by atoms with Crippen LogP contribution in [0.4, 0.5) is 0 Å². The van der Waals surface area contributed by atoms with E-state index in [-0.39, 0.29) is 5.54 Å². The molecule has 0 aromatic heterocycles. The standard InChI is InChI=1S/C13H28N2O/c1-13(2,3)14-10-12-6-8-15(11-12)7-5-9-16-4/h12,14H,5-11H2,1-4H3. The Morgan fingerprint density at radius 2 is 2.12 bits per heavy atom. The van der Waals surface area contributed by atoms with E-state index in [4.69, 9.17) is 4.74 Å². The lowest BCUT2D eigenvalue weighted by Crippen LogP contribution is -2.39. The van der Waals surface area contributed by atoms with Crippen LogP contribution in [0.2, 0.25) is 0 Å². The van der Waals surface area contributed by atoms with Crippen LogP contribution in [0.3, 0.4) is 0 Å². The predicted octanol–water partition coefficient (Wildman–Crippen LogP) is 1.73. The molecule has 3 nitrogen and oxygen atoms in total. The number of hydrogen-bond acceptors (Lipinski definition) is 3. The summed E-state index contributed by atoms with van der Waals surface area (Å²) in [5, 5.41) is 3.60. The fourth-order valence-electron chi connectivity index (χ4n) is 2.17. The first kappa shape index (κ1) is 13.9. The molecule has 0 aliphatic carbocycles. The van der Waals surface area contributed by atoms with E-state index < -0.39 is 0 Å². The van der Waals surface area contributed by atoms with Crippen LogP contribution in [0, 0.1) is 5.92 Å². The van der Waals surface area contributed by atoms with Gasteiger partial charge in [0.2, 0.25) is 0 Å². The average molecular weight is 228 g/mol. The second kappa shape index (κ2) is 6.58. The van der Waals surface area contributed by atoms with Gasteiger partial charge in [0.05, 0.1) is 0 Å². The van der Waals surface area contributed by atoms with E-state index in [0.29, 0.717) is 0 Å². The summed E-state index contributed by atoms with van der Waals surface area (Å²) in [7, 11) is 1.78. The SMILES string of the molecule is COCCCN1CCC(CNC(C)(C)C)C1. The summed E-state index contributed by atoms with van der Waals surface area (Å²) in [5.74, 6) is 0.835. The Bertz CT molecular complexity index is 189. The zero-order valence-corrected chi connectivity index (χ0v) is 11.4. The first-order chi connectivity index (χ1) is 7.51. The Labute approximate surface area is 101 Å². The van der Waals surface area contributed by atoms with E-state index in [1.807, 2.05) is 0 Å². The normalized spacial score (nSPS) is 22.9. The molecule has 0 aromatic rings. The maximum Gasteiger partial charge on any atom is 0.0474 e. The van der Waals surface area contributed by atoms with Gasteiger partial charge in [-0.3, -0.25) is 0 Å². The van der Waals surface area contributed by atoms with Gasteiger partial charge in [0.15, 0.2) is 0 Å². The quantitative estimate of drug-likeness (QED) is 0.701. The van der Waals surface area contributed by atoms with Crippen molar-refractivity contribution in [1.29, 1.82) is 0 Å². The highest BCUT2D eigenvalue weighted by Gasteiger charge is 2.23. The lowest BCUT2D eigenvalue weighted by Gasteiger charge is -2.23. The van der Waals surface area contributed by atoms with Crippen molar-refractivity contribution in [3.05, 3.63) is 0 Å². The van der Waals surface area contributed by atoms with Crippen molar-refractivity contribution in [2.24, 2.45) is 5.92 Å². The fraction of sp³-hybridized carbons (Fsp3) is 1.00. The number of likely N-dealkylation sites (tertiary alicyclic amines) is 1. The van der Waals surface area contributed by atoms with Crippen molar-refractivity contribution in [1.82, 2.24) is 10.2 Å². The minimum absolute atomic E-state index is 0.253. The van der Waals surface area contributed by atoms with E-state index in [9.17, 15) is 0 Å². The summed E-state index contributed by atoms with van der Waals surface area (Å²) >= 11 is 0. The highest BCUT2D eigenvalue weighted by Crippen LogP contribution is 2.16. The molecule has 0 radical (unpaired) electrons. The molecule has 1 heterocycles. The van der Waals surface area contributed by atoms with Gasteiger partial charge in [-0.1, -0.05) is 0 Å². The van der Waals surface area contributed by atoms with Gasteiger partial charge in [-0.2, -0.15) is 0 Å². The molecule has 1 fully saturated rings. The Hall–Kier alpha value is -0.120. The molecular formula is C13H28N2O. The number of hydrogen-bond donors (Lipinski definition) is 1. The van der Waals surface area contributed by atoms with E-state index >= 15 is 0 Å². The molecule has 1 rings (SSSR count). The van der Waals surface area contributed by atoms with E-state index in [2.05, 4.69) is 31.0 Å². The zero-order valence-electron chi connectivity index (χ0n) is 11.4. The third kappa shape index (κ3) is 5.83. The van der Waals surface area contributed by atoms with Crippen LogP contribution < -0.4 is 5.32 Å². The van der Waals surface area contributed by atoms with Crippen molar-refractivity contribution >= 4 is 0 Å². The second-order valence-corrected chi connectivity index (χ2v) is 5.93. The average Bonchev–Trinajstić information content (AvgIpc) is 2.62. The molecule has 1 unspecified atom stereocenters. The molecule has 1 aliphatic rings. The predicted molar refractivity (Wildman–Crippen MR) is 68.8 cm³/mol. The van der Waals surface area contributed by atoms with Gasteiger partial charge in [-0.25, -0.2) is 0 Å². The Kier molecular flexibility index (Phi) is 5.73. The summed E-state index contributed by atoms with van der Waals surface area (Å²) in [6, 6.07) is 0. The number of nitrogens with one attached hydrogen (secondary N) is 1. The van der Waals surface area contributed by atoms with Crippen molar-refractivity contribution in [2.45, 2.75) is 39.2 Å². The topological polar surface area (TPSA) is 24.5 Å². The lowest BCUT2D eigenvalue weighted by atomic mass is 10.1. The second-order valence-electron chi connectivity index (χ2n) is 5.93. The molecule has 1 N–H and O–H groups in total. The van der Waals surface area contributed by atoms with Gasteiger partial charge in [0, 0.05) is 32.3 Å². The van der Waals surface area contributed by atoms with Crippen molar-refractivity contribution in [3.63, 3.8) is 0 Å². The monoisotopic (exact) mass is 228 g/mol. The summed E-state index contributed by atoms with van der Waals surface area (Å²) in [5.41, 5.74) is 0.253. The van der Waals surface area contributed by atoms with E-state index in [0.717, 1.165) is 25.5 Å². The molecule has 16 heavy (non-hydrogen) atoms. The number of rotatable bonds is 6. The summed E-state index contributed by atoms with van der Waals surface area (Å²) in [6.07, 6.45) is 2.51. The highest BCUT2D eigenvalue weighted by molar-refractivity contribution is 4.80. The van der Waals surface area contributed by atoms with Gasteiger partial charge >= 0.3 is 0 Å². The summed E-state index contributed by atoms with van der Waals surface area (Å²) in [6.45, 7) is 12.5. The van der Waals surface area contributed by atoms with Crippen LogP contribution in [-0.2, 0) is 4.74 Å². The van der Waals surface area contributed by atoms with Gasteiger partial charge in [0.25, 0.3) is 0 Å². The van der Waals surface area contributed by atoms with Crippen LogP contribution in [0.1, 0.15) is 33.6 Å². The minimum Gasteiger partial charge on any atom is -0.385 e. The molecule has 0 spiro atoms. The molecular weight excluding hydrogens is 200 g/mol. The third-order valence-electron chi connectivity index (χ3n) is 3.11. The van der Waals surface area contributed by atoms with E-state index in [1.54, 1.807) is 7.11 Å². The molecule has 1 atom stereocenters. The van der Waals surface area contributed by atoms with Crippen LogP contribution in [-0.4, -0.2) is 50.3 Å². The van der Waals surface area contributed by atoms with Crippen molar-refractivity contribution in [3.8, 4) is 0 Å². The number of ether oxygens (including phenoxy) is 1. The third-order valence-corrected chi connectivity index (χ3v) is 3.11. The molecule has 1 saturated heterocycles. The van der Waals surface area contributed by atoms with E-state index in [1.165, 1.54) is 26.1 Å². The van der Waals surface area contributed by atoms with Crippen molar-refractivity contribution < 1.29 is 4.74 Å². The maximum atomic E-state index is 5.08. The first-order valence-electron chi connectivity index (χ1n) is 6.47. The van der Waals surface area contributed by atoms with Gasteiger partial charge < -0.3 is 15.0 Å². The largest absolute Gasteiger partial charge is 0.385 e. The van der Waals surface area contributed by atoms with Crippen LogP contribution in [0.15, 0.2) is 0 Å². The molecule has 96 valence electrons. The molecule has 0 bridgehead atoms. The summed E-state index contributed by atoms with van der Waals surface area (Å²) in [4.78, 5) is 2.56. The minimum atomic E-state index is 0.253. The lowest BCUT2D eigenvalue weighted by molar-refractivity contribution is 0.178. The fourth-order valence-corrected chi connectivity index (χ4v) is 2.17. The molecule has 3 heteroatoms. The van der Waals surface area contributed by atoms with Crippen molar-refractivity contribution in [2.75, 3.05) is 39.9 Å². The zero-order chi connectivity index (χ0) is 12.0. The Morgan fingerprint density at radius 3 is 2.75 bits per heavy atom. The Morgan fingerprint density at radius 1 is 1.38 bits per heavy atom. The smallest absolute Gasteiger partial charge is 0.0474 e. The number of nitrogens with zero attached hydrogens (tertiary/aromatic N) is 1. The highest BCUT2D eigenvalue weighted by atomic mass is 16.5. The van der Waals surface area contributed by atoms with Gasteiger partial charge in [-0.15, -0.1) is 0 Å². The first-order valence-corrected chi connectivity index (χ1v) is 6.47. The molecule has 0 saturated carbocycles. The Balaban J connectivity index is 2.10. The van der Waals surface area contributed by atoms with Gasteiger partial charge in [0.1, 0.15) is 0 Å². The maximum absolute atomic E-state index is 5.08.